The number of ether oxygens (including phenoxy) is 1. The van der Waals surface area contributed by atoms with Gasteiger partial charge in [-0.05, 0) is 31.7 Å². The van der Waals surface area contributed by atoms with E-state index in [1.54, 1.807) is 13.2 Å². The molecule has 1 aromatic carbocycles. The fourth-order valence-electron chi connectivity index (χ4n) is 3.76. The molecular formula is C20H24N4O2. The summed E-state index contributed by atoms with van der Waals surface area (Å²) in [7, 11) is 3.73. The largest absolute Gasteiger partial charge is 0.497 e. The highest BCUT2D eigenvalue weighted by Gasteiger charge is 2.30. The van der Waals surface area contributed by atoms with Gasteiger partial charge in [-0.2, -0.15) is 0 Å². The lowest BCUT2D eigenvalue weighted by atomic mass is 10.1. The number of fused-ring (bicyclic) bond motifs is 1. The van der Waals surface area contributed by atoms with Crippen LogP contribution in [0.1, 0.15) is 39.8 Å². The number of carbonyl (C=O) groups excluding carboxylic acids is 1. The van der Waals surface area contributed by atoms with E-state index in [2.05, 4.69) is 16.9 Å². The van der Waals surface area contributed by atoms with Crippen LogP contribution < -0.4 is 4.74 Å². The number of hydrogen-bond acceptors (Lipinski definition) is 5. The normalized spacial score (nSPS) is 20.1. The smallest absolute Gasteiger partial charge is 0.254 e. The van der Waals surface area contributed by atoms with Crippen LogP contribution in [-0.2, 0) is 13.0 Å². The Kier molecular flexibility index (Phi) is 4.59. The van der Waals surface area contributed by atoms with Crippen molar-refractivity contribution >= 4 is 5.91 Å². The maximum atomic E-state index is 12.8. The van der Waals surface area contributed by atoms with Crippen LogP contribution in [0.2, 0.25) is 0 Å². The third-order valence-corrected chi connectivity index (χ3v) is 5.30. The van der Waals surface area contributed by atoms with Gasteiger partial charge in [0.1, 0.15) is 11.6 Å². The van der Waals surface area contributed by atoms with Gasteiger partial charge in [-0.15, -0.1) is 0 Å². The van der Waals surface area contributed by atoms with Crippen molar-refractivity contribution in [2.24, 2.45) is 0 Å². The minimum atomic E-state index is 0.0472. The average molecular weight is 352 g/mol. The van der Waals surface area contributed by atoms with E-state index in [0.29, 0.717) is 17.9 Å². The molecule has 0 radical (unpaired) electrons. The molecule has 3 heterocycles. The van der Waals surface area contributed by atoms with Crippen molar-refractivity contribution in [1.82, 2.24) is 19.8 Å². The van der Waals surface area contributed by atoms with Gasteiger partial charge in [-0.1, -0.05) is 6.07 Å². The third-order valence-electron chi connectivity index (χ3n) is 5.30. The van der Waals surface area contributed by atoms with E-state index >= 15 is 0 Å². The minimum absolute atomic E-state index is 0.0472. The van der Waals surface area contributed by atoms with Crippen LogP contribution in [0.25, 0.3) is 0 Å². The average Bonchev–Trinajstić information content (AvgIpc) is 3.17. The Morgan fingerprint density at radius 3 is 3.04 bits per heavy atom. The molecule has 0 aliphatic carbocycles. The van der Waals surface area contributed by atoms with E-state index in [1.165, 1.54) is 11.3 Å². The van der Waals surface area contributed by atoms with Crippen molar-refractivity contribution in [3.05, 3.63) is 53.1 Å². The van der Waals surface area contributed by atoms with Crippen LogP contribution in [0.4, 0.5) is 0 Å². The fraction of sp³-hybridized carbons (Fsp3) is 0.450. The van der Waals surface area contributed by atoms with Gasteiger partial charge in [0.2, 0.25) is 0 Å². The molecule has 0 spiro atoms. The summed E-state index contributed by atoms with van der Waals surface area (Å²) in [5.74, 6) is 1.85. The van der Waals surface area contributed by atoms with E-state index in [9.17, 15) is 4.79 Å². The molecule has 2 aromatic rings. The monoisotopic (exact) mass is 352 g/mol. The maximum absolute atomic E-state index is 12.8. The summed E-state index contributed by atoms with van der Waals surface area (Å²) in [5.41, 5.74) is 3.06. The minimum Gasteiger partial charge on any atom is -0.497 e. The molecule has 1 atom stereocenters. The number of benzene rings is 1. The summed E-state index contributed by atoms with van der Waals surface area (Å²) in [5, 5.41) is 0. The summed E-state index contributed by atoms with van der Waals surface area (Å²) in [6.45, 7) is 3.37. The molecule has 1 amide bonds. The van der Waals surface area contributed by atoms with E-state index in [4.69, 9.17) is 9.72 Å². The van der Waals surface area contributed by atoms with Crippen molar-refractivity contribution < 1.29 is 9.53 Å². The molecule has 1 saturated heterocycles. The second kappa shape index (κ2) is 7.03. The molecule has 136 valence electrons. The summed E-state index contributed by atoms with van der Waals surface area (Å²) < 4.78 is 5.22. The summed E-state index contributed by atoms with van der Waals surface area (Å²) in [4.78, 5) is 26.4. The van der Waals surface area contributed by atoms with Crippen LogP contribution in [0.5, 0.6) is 5.75 Å². The Morgan fingerprint density at radius 1 is 1.31 bits per heavy atom. The lowest BCUT2D eigenvalue weighted by Crippen LogP contribution is -2.29. The van der Waals surface area contributed by atoms with Crippen molar-refractivity contribution in [2.75, 3.05) is 33.8 Å². The topological polar surface area (TPSA) is 58.6 Å². The second-order valence-electron chi connectivity index (χ2n) is 7.16. The lowest BCUT2D eigenvalue weighted by molar-refractivity contribution is 0.0790. The summed E-state index contributed by atoms with van der Waals surface area (Å²) in [6.07, 6.45) is 3.86. The maximum Gasteiger partial charge on any atom is 0.254 e. The molecule has 2 aliphatic rings. The SMILES string of the molecule is COc1cccc(C(=O)N2CC[C@@H](c3ncc4c(n3)CCN(C)C4)C2)c1. The Balaban J connectivity index is 1.47. The quantitative estimate of drug-likeness (QED) is 0.847. The van der Waals surface area contributed by atoms with E-state index in [-0.39, 0.29) is 11.8 Å². The van der Waals surface area contributed by atoms with Crippen LogP contribution in [0.15, 0.2) is 30.5 Å². The number of likely N-dealkylation sites (N-methyl/N-ethyl adjacent to an activating group) is 1. The highest BCUT2D eigenvalue weighted by Crippen LogP contribution is 2.28. The number of methoxy groups -OCH3 is 1. The number of carbonyl (C=O) groups is 1. The molecule has 6 nitrogen and oxygen atoms in total. The molecular weight excluding hydrogens is 328 g/mol. The molecule has 0 saturated carbocycles. The molecule has 1 aromatic heterocycles. The van der Waals surface area contributed by atoms with Gasteiger partial charge in [-0.25, -0.2) is 9.97 Å². The summed E-state index contributed by atoms with van der Waals surface area (Å²) >= 11 is 0. The molecule has 0 bridgehead atoms. The van der Waals surface area contributed by atoms with Crippen molar-refractivity contribution in [1.29, 1.82) is 0 Å². The predicted octanol–water partition coefficient (Wildman–Crippen LogP) is 2.10. The number of rotatable bonds is 3. The van der Waals surface area contributed by atoms with Crippen molar-refractivity contribution in [3.8, 4) is 5.75 Å². The molecule has 1 fully saturated rings. The number of likely N-dealkylation sites (tertiary alicyclic amines) is 1. The van der Waals surface area contributed by atoms with Gasteiger partial charge in [0, 0.05) is 61.5 Å². The second-order valence-corrected chi connectivity index (χ2v) is 7.16. The number of aromatic nitrogens is 2. The molecule has 0 unspecified atom stereocenters. The van der Waals surface area contributed by atoms with E-state index < -0.39 is 0 Å². The Hall–Kier alpha value is -2.47. The van der Waals surface area contributed by atoms with Gasteiger partial charge in [0.15, 0.2) is 0 Å². The van der Waals surface area contributed by atoms with Gasteiger partial charge in [-0.3, -0.25) is 4.79 Å². The molecule has 6 heteroatoms. The first-order chi connectivity index (χ1) is 12.6. The Labute approximate surface area is 153 Å². The van der Waals surface area contributed by atoms with Crippen molar-refractivity contribution in [2.45, 2.75) is 25.3 Å². The van der Waals surface area contributed by atoms with E-state index in [1.807, 2.05) is 29.3 Å². The molecule has 0 N–H and O–H groups in total. The van der Waals surface area contributed by atoms with Crippen molar-refractivity contribution in [3.63, 3.8) is 0 Å². The predicted molar refractivity (Wildman–Crippen MR) is 98.3 cm³/mol. The first-order valence-corrected chi connectivity index (χ1v) is 9.10. The Morgan fingerprint density at radius 2 is 2.19 bits per heavy atom. The number of nitrogens with zero attached hydrogens (tertiary/aromatic N) is 4. The highest BCUT2D eigenvalue weighted by atomic mass is 16.5. The van der Waals surface area contributed by atoms with E-state index in [0.717, 1.165) is 38.3 Å². The third kappa shape index (κ3) is 3.29. The van der Waals surface area contributed by atoms with Gasteiger partial charge < -0.3 is 14.5 Å². The molecule has 4 rings (SSSR count). The fourth-order valence-corrected chi connectivity index (χ4v) is 3.76. The zero-order valence-electron chi connectivity index (χ0n) is 15.3. The lowest BCUT2D eigenvalue weighted by Gasteiger charge is -2.24. The highest BCUT2D eigenvalue weighted by molar-refractivity contribution is 5.94. The number of amides is 1. The van der Waals surface area contributed by atoms with Gasteiger partial charge in [0.25, 0.3) is 5.91 Å². The van der Waals surface area contributed by atoms with Crippen LogP contribution in [-0.4, -0.2) is 59.5 Å². The summed E-state index contributed by atoms with van der Waals surface area (Å²) in [6, 6.07) is 7.33. The van der Waals surface area contributed by atoms with Crippen LogP contribution in [0.3, 0.4) is 0 Å². The van der Waals surface area contributed by atoms with Crippen LogP contribution >= 0.6 is 0 Å². The zero-order chi connectivity index (χ0) is 18.1. The molecule has 2 aliphatic heterocycles. The first kappa shape index (κ1) is 17.0. The van der Waals surface area contributed by atoms with Gasteiger partial charge >= 0.3 is 0 Å². The standard InChI is InChI=1S/C20H24N4O2/c1-23-8-7-18-16(12-23)11-21-19(22-18)15-6-9-24(13-15)20(25)14-4-3-5-17(10-14)26-2/h3-5,10-11,15H,6-9,12-13H2,1-2H3/t15-/m1/s1. The zero-order valence-corrected chi connectivity index (χ0v) is 15.3. The van der Waals surface area contributed by atoms with Crippen LogP contribution in [0, 0.1) is 0 Å². The Bertz CT molecular complexity index is 823. The number of hydrogen-bond donors (Lipinski definition) is 0. The first-order valence-electron chi connectivity index (χ1n) is 9.10. The van der Waals surface area contributed by atoms with Gasteiger partial charge in [0.05, 0.1) is 7.11 Å². The molecule has 26 heavy (non-hydrogen) atoms.